The van der Waals surface area contributed by atoms with E-state index in [4.69, 9.17) is 15.7 Å². The number of hydrogen-bond donors (Lipinski definition) is 1. The minimum atomic E-state index is 0.193. The topological polar surface area (TPSA) is 62.3 Å². The summed E-state index contributed by atoms with van der Waals surface area (Å²) < 4.78 is 5.68. The molecular formula is C14H19N3O. The van der Waals surface area contributed by atoms with Crippen molar-refractivity contribution in [3.63, 3.8) is 0 Å². The number of nitrogen functional groups attached to an aromatic ring is 1. The summed E-state index contributed by atoms with van der Waals surface area (Å²) in [6.45, 7) is 5.73. The molecule has 0 spiro atoms. The second kappa shape index (κ2) is 5.28. The van der Waals surface area contributed by atoms with Gasteiger partial charge < -0.3 is 15.4 Å². The second-order valence-corrected chi connectivity index (χ2v) is 4.74. The Kier molecular flexibility index (Phi) is 3.73. The number of ether oxygens (including phenoxy) is 1. The van der Waals surface area contributed by atoms with E-state index in [1.807, 2.05) is 6.07 Å². The molecule has 1 aromatic rings. The predicted molar refractivity (Wildman–Crippen MR) is 72.4 cm³/mol. The van der Waals surface area contributed by atoms with E-state index in [9.17, 15) is 0 Å². The van der Waals surface area contributed by atoms with Gasteiger partial charge in [0.1, 0.15) is 0 Å². The zero-order valence-electron chi connectivity index (χ0n) is 10.9. The molecule has 18 heavy (non-hydrogen) atoms. The van der Waals surface area contributed by atoms with Crippen LogP contribution in [-0.4, -0.2) is 25.3 Å². The standard InChI is InChI=1S/C14H19N3O/c1-3-12-9-18-10(2)8-17(12)14-6-11(7-15)4-5-13(14)16/h4-6,10,12H,3,8-9,16H2,1-2H3. The van der Waals surface area contributed by atoms with Crippen LogP contribution in [0.4, 0.5) is 11.4 Å². The van der Waals surface area contributed by atoms with Gasteiger partial charge in [-0.15, -0.1) is 0 Å². The average Bonchev–Trinajstić information content (AvgIpc) is 2.39. The Hall–Kier alpha value is -1.73. The Morgan fingerprint density at radius 2 is 2.33 bits per heavy atom. The van der Waals surface area contributed by atoms with Crippen molar-refractivity contribution < 1.29 is 4.74 Å². The molecule has 1 saturated heterocycles. The van der Waals surface area contributed by atoms with E-state index in [-0.39, 0.29) is 6.10 Å². The number of nitriles is 1. The molecule has 1 heterocycles. The molecule has 2 rings (SSSR count). The van der Waals surface area contributed by atoms with Gasteiger partial charge in [-0.05, 0) is 31.5 Å². The van der Waals surface area contributed by atoms with Crippen molar-refractivity contribution in [2.24, 2.45) is 0 Å². The van der Waals surface area contributed by atoms with Crippen LogP contribution in [0.2, 0.25) is 0 Å². The summed E-state index contributed by atoms with van der Waals surface area (Å²) in [5.41, 5.74) is 8.37. The van der Waals surface area contributed by atoms with Crippen LogP contribution < -0.4 is 10.6 Å². The maximum atomic E-state index is 8.99. The van der Waals surface area contributed by atoms with Crippen LogP contribution >= 0.6 is 0 Å². The molecule has 1 aliphatic heterocycles. The second-order valence-electron chi connectivity index (χ2n) is 4.74. The van der Waals surface area contributed by atoms with Gasteiger partial charge in [0.15, 0.2) is 0 Å². The Morgan fingerprint density at radius 3 is 3.00 bits per heavy atom. The van der Waals surface area contributed by atoms with Crippen LogP contribution in [0.25, 0.3) is 0 Å². The maximum Gasteiger partial charge on any atom is 0.0992 e. The van der Waals surface area contributed by atoms with E-state index in [0.717, 1.165) is 24.3 Å². The molecule has 2 unspecified atom stereocenters. The van der Waals surface area contributed by atoms with Crippen LogP contribution in [0, 0.1) is 11.3 Å². The fourth-order valence-corrected chi connectivity index (χ4v) is 2.34. The molecule has 0 radical (unpaired) electrons. The largest absolute Gasteiger partial charge is 0.397 e. The van der Waals surface area contributed by atoms with Gasteiger partial charge in [-0.2, -0.15) is 5.26 Å². The quantitative estimate of drug-likeness (QED) is 0.811. The smallest absolute Gasteiger partial charge is 0.0992 e. The van der Waals surface area contributed by atoms with Crippen LogP contribution in [0.5, 0.6) is 0 Å². The van der Waals surface area contributed by atoms with Gasteiger partial charge >= 0.3 is 0 Å². The van der Waals surface area contributed by atoms with Crippen molar-refractivity contribution in [1.29, 1.82) is 5.26 Å². The number of nitrogens with two attached hydrogens (primary N) is 1. The number of nitrogens with zero attached hydrogens (tertiary/aromatic N) is 2. The molecule has 1 fully saturated rings. The average molecular weight is 245 g/mol. The zero-order chi connectivity index (χ0) is 13.1. The van der Waals surface area contributed by atoms with Gasteiger partial charge in [0, 0.05) is 6.54 Å². The lowest BCUT2D eigenvalue weighted by Gasteiger charge is -2.40. The SMILES string of the molecule is CCC1COC(C)CN1c1cc(C#N)ccc1N. The summed E-state index contributed by atoms with van der Waals surface area (Å²) in [6, 6.07) is 7.93. The first-order chi connectivity index (χ1) is 8.65. The lowest BCUT2D eigenvalue weighted by Crippen LogP contribution is -2.49. The maximum absolute atomic E-state index is 8.99. The monoisotopic (exact) mass is 245 g/mol. The summed E-state index contributed by atoms with van der Waals surface area (Å²) in [5, 5.41) is 8.99. The molecule has 0 amide bonds. The van der Waals surface area contributed by atoms with Gasteiger partial charge in [-0.1, -0.05) is 6.92 Å². The van der Waals surface area contributed by atoms with E-state index in [1.165, 1.54) is 0 Å². The van der Waals surface area contributed by atoms with Gasteiger partial charge in [0.25, 0.3) is 0 Å². The highest BCUT2D eigenvalue weighted by Crippen LogP contribution is 2.29. The van der Waals surface area contributed by atoms with Gasteiger partial charge in [-0.25, -0.2) is 0 Å². The Morgan fingerprint density at radius 1 is 1.56 bits per heavy atom. The number of hydrogen-bond acceptors (Lipinski definition) is 4. The summed E-state index contributed by atoms with van der Waals surface area (Å²) in [4.78, 5) is 2.27. The fourth-order valence-electron chi connectivity index (χ4n) is 2.34. The van der Waals surface area contributed by atoms with E-state index in [2.05, 4.69) is 24.8 Å². The van der Waals surface area contributed by atoms with Crippen molar-refractivity contribution in [1.82, 2.24) is 0 Å². The Labute approximate surface area is 108 Å². The number of rotatable bonds is 2. The lowest BCUT2D eigenvalue weighted by atomic mass is 10.1. The lowest BCUT2D eigenvalue weighted by molar-refractivity contribution is 0.0300. The summed E-state index contributed by atoms with van der Waals surface area (Å²) in [6.07, 6.45) is 1.20. The molecule has 0 aromatic heterocycles. The number of benzene rings is 1. The fraction of sp³-hybridized carbons (Fsp3) is 0.500. The Bertz CT molecular complexity index is 467. The molecule has 1 aromatic carbocycles. The summed E-state index contributed by atoms with van der Waals surface area (Å²) in [7, 11) is 0. The highest BCUT2D eigenvalue weighted by molar-refractivity contribution is 5.70. The van der Waals surface area contributed by atoms with E-state index in [1.54, 1.807) is 12.1 Å². The van der Waals surface area contributed by atoms with Crippen molar-refractivity contribution >= 4 is 11.4 Å². The number of morpholine rings is 1. The third kappa shape index (κ3) is 2.41. The van der Waals surface area contributed by atoms with Gasteiger partial charge in [0.2, 0.25) is 0 Å². The molecule has 2 atom stereocenters. The molecule has 4 nitrogen and oxygen atoms in total. The van der Waals surface area contributed by atoms with Crippen LogP contribution in [-0.2, 0) is 4.74 Å². The normalized spacial score (nSPS) is 23.7. The highest BCUT2D eigenvalue weighted by atomic mass is 16.5. The van der Waals surface area contributed by atoms with Gasteiger partial charge in [-0.3, -0.25) is 0 Å². The van der Waals surface area contributed by atoms with Crippen LogP contribution in [0.1, 0.15) is 25.8 Å². The summed E-state index contributed by atoms with van der Waals surface area (Å²) in [5.74, 6) is 0. The third-order valence-electron chi connectivity index (χ3n) is 3.41. The molecule has 96 valence electrons. The van der Waals surface area contributed by atoms with E-state index >= 15 is 0 Å². The van der Waals surface area contributed by atoms with Crippen molar-refractivity contribution in [3.05, 3.63) is 23.8 Å². The molecule has 1 aliphatic rings. The molecule has 0 bridgehead atoms. The summed E-state index contributed by atoms with van der Waals surface area (Å²) >= 11 is 0. The highest BCUT2D eigenvalue weighted by Gasteiger charge is 2.27. The van der Waals surface area contributed by atoms with Crippen LogP contribution in [0.15, 0.2) is 18.2 Å². The molecule has 2 N–H and O–H groups in total. The first kappa shape index (κ1) is 12.7. The minimum absolute atomic E-state index is 0.193. The first-order valence-corrected chi connectivity index (χ1v) is 6.33. The molecule has 0 aliphatic carbocycles. The van der Waals surface area contributed by atoms with Crippen LogP contribution in [0.3, 0.4) is 0 Å². The van der Waals surface area contributed by atoms with Crippen molar-refractivity contribution in [2.75, 3.05) is 23.8 Å². The first-order valence-electron chi connectivity index (χ1n) is 6.33. The Balaban J connectivity index is 2.35. The third-order valence-corrected chi connectivity index (χ3v) is 3.41. The molecular weight excluding hydrogens is 226 g/mol. The van der Waals surface area contributed by atoms with Crippen molar-refractivity contribution in [2.45, 2.75) is 32.4 Å². The van der Waals surface area contributed by atoms with Crippen molar-refractivity contribution in [3.8, 4) is 6.07 Å². The zero-order valence-corrected chi connectivity index (χ0v) is 10.9. The number of anilines is 2. The molecule has 4 heteroatoms. The molecule has 0 saturated carbocycles. The predicted octanol–water partition coefficient (Wildman–Crippen LogP) is 2.14. The minimum Gasteiger partial charge on any atom is -0.397 e. The van der Waals surface area contributed by atoms with E-state index in [0.29, 0.717) is 18.2 Å². The van der Waals surface area contributed by atoms with Gasteiger partial charge in [0.05, 0.1) is 41.8 Å². The van der Waals surface area contributed by atoms with E-state index < -0.39 is 0 Å².